The van der Waals surface area contributed by atoms with Crippen molar-refractivity contribution in [2.45, 2.75) is 38.5 Å². The maximum absolute atomic E-state index is 10.7. The molecule has 0 aliphatic carbocycles. The van der Waals surface area contributed by atoms with Gasteiger partial charge in [-0.25, -0.2) is 0 Å². The van der Waals surface area contributed by atoms with Gasteiger partial charge in [-0.3, -0.25) is 0 Å². The van der Waals surface area contributed by atoms with Crippen molar-refractivity contribution < 1.29 is 4.79 Å². The SMILES string of the molecule is CC/C=C/CC[C@H](CC=O)c1ccc(C#N)cc1. The van der Waals surface area contributed by atoms with E-state index in [0.29, 0.717) is 12.0 Å². The smallest absolute Gasteiger partial charge is 0.120 e. The Bertz CT molecular complexity index is 425. The lowest BCUT2D eigenvalue weighted by atomic mass is 9.91. The molecule has 0 aliphatic heterocycles. The van der Waals surface area contributed by atoms with Crippen molar-refractivity contribution in [1.82, 2.24) is 0 Å². The lowest BCUT2D eigenvalue weighted by Crippen LogP contribution is -1.99. The average Bonchev–Trinajstić information content (AvgIpc) is 2.42. The summed E-state index contributed by atoms with van der Waals surface area (Å²) >= 11 is 0. The quantitative estimate of drug-likeness (QED) is 0.535. The van der Waals surface area contributed by atoms with Gasteiger partial charge in [0.25, 0.3) is 0 Å². The molecule has 0 aliphatic rings. The van der Waals surface area contributed by atoms with Crippen molar-refractivity contribution >= 4 is 6.29 Å². The summed E-state index contributed by atoms with van der Waals surface area (Å²) in [4.78, 5) is 10.7. The van der Waals surface area contributed by atoms with Crippen molar-refractivity contribution in [2.24, 2.45) is 0 Å². The van der Waals surface area contributed by atoms with Crippen molar-refractivity contribution in [3.8, 4) is 6.07 Å². The number of nitrogens with zero attached hydrogens (tertiary/aromatic N) is 1. The first kappa shape index (κ1) is 14.2. The Morgan fingerprint density at radius 2 is 2.00 bits per heavy atom. The molecular formula is C16H19NO. The number of carbonyl (C=O) groups excluding carboxylic acids is 1. The van der Waals surface area contributed by atoms with Crippen LogP contribution in [0.25, 0.3) is 0 Å². The Balaban J connectivity index is 2.67. The summed E-state index contributed by atoms with van der Waals surface area (Å²) in [5, 5.41) is 8.76. The summed E-state index contributed by atoms with van der Waals surface area (Å²) in [7, 11) is 0. The third-order valence-corrected chi connectivity index (χ3v) is 2.98. The lowest BCUT2D eigenvalue weighted by Gasteiger charge is -2.13. The second-order valence-corrected chi connectivity index (χ2v) is 4.29. The molecule has 1 aromatic rings. The van der Waals surface area contributed by atoms with Crippen LogP contribution in [0, 0.1) is 11.3 Å². The first-order valence-electron chi connectivity index (χ1n) is 6.40. The number of nitriles is 1. The van der Waals surface area contributed by atoms with Crippen molar-refractivity contribution in [1.29, 1.82) is 5.26 Å². The van der Waals surface area contributed by atoms with Crippen LogP contribution in [0.5, 0.6) is 0 Å². The van der Waals surface area contributed by atoms with E-state index < -0.39 is 0 Å². The lowest BCUT2D eigenvalue weighted by molar-refractivity contribution is -0.108. The van der Waals surface area contributed by atoms with Gasteiger partial charge < -0.3 is 4.79 Å². The van der Waals surface area contributed by atoms with Crippen LogP contribution in [-0.4, -0.2) is 6.29 Å². The molecule has 94 valence electrons. The standard InChI is InChI=1S/C16H19NO/c1-2-3-4-5-6-15(11-12-18)16-9-7-14(13-17)8-10-16/h3-4,7-10,12,15H,2,5-6,11H2,1H3/b4-3+/t15-/m1/s1. The molecule has 0 radical (unpaired) electrons. The minimum Gasteiger partial charge on any atom is -0.303 e. The Morgan fingerprint density at radius 3 is 2.56 bits per heavy atom. The molecule has 0 saturated heterocycles. The third kappa shape index (κ3) is 4.55. The summed E-state index contributed by atoms with van der Waals surface area (Å²) in [5.74, 6) is 0.261. The van der Waals surface area contributed by atoms with E-state index >= 15 is 0 Å². The molecule has 0 heterocycles. The van der Waals surface area contributed by atoms with Gasteiger partial charge in [-0.15, -0.1) is 0 Å². The number of hydrogen-bond donors (Lipinski definition) is 0. The average molecular weight is 241 g/mol. The van der Waals surface area contributed by atoms with Gasteiger partial charge in [0.1, 0.15) is 6.29 Å². The maximum Gasteiger partial charge on any atom is 0.120 e. The molecular weight excluding hydrogens is 222 g/mol. The zero-order valence-corrected chi connectivity index (χ0v) is 10.8. The Hall–Kier alpha value is -1.88. The molecule has 1 rings (SSSR count). The summed E-state index contributed by atoms with van der Waals surface area (Å²) in [6.07, 6.45) is 8.86. The predicted molar refractivity (Wildman–Crippen MR) is 73.2 cm³/mol. The van der Waals surface area contributed by atoms with Gasteiger partial charge >= 0.3 is 0 Å². The molecule has 0 aromatic heterocycles. The molecule has 0 spiro atoms. The second-order valence-electron chi connectivity index (χ2n) is 4.29. The minimum absolute atomic E-state index is 0.261. The Labute approximate surface area is 109 Å². The fourth-order valence-electron chi connectivity index (χ4n) is 1.95. The largest absolute Gasteiger partial charge is 0.303 e. The Morgan fingerprint density at radius 1 is 1.28 bits per heavy atom. The Kier molecular flexibility index (Phi) is 6.50. The molecule has 0 fully saturated rings. The highest BCUT2D eigenvalue weighted by Crippen LogP contribution is 2.24. The normalized spacial score (nSPS) is 12.2. The molecule has 2 nitrogen and oxygen atoms in total. The molecule has 0 unspecified atom stereocenters. The highest BCUT2D eigenvalue weighted by Gasteiger charge is 2.10. The van der Waals surface area contributed by atoms with Gasteiger partial charge in [0, 0.05) is 6.42 Å². The number of hydrogen-bond acceptors (Lipinski definition) is 2. The fourth-order valence-corrected chi connectivity index (χ4v) is 1.95. The van der Waals surface area contributed by atoms with Crippen LogP contribution in [-0.2, 0) is 4.79 Å². The molecule has 0 N–H and O–H groups in total. The van der Waals surface area contributed by atoms with Crippen molar-refractivity contribution in [2.75, 3.05) is 0 Å². The number of carbonyl (C=O) groups is 1. The number of rotatable bonds is 7. The van der Waals surface area contributed by atoms with E-state index in [1.54, 1.807) is 0 Å². The monoisotopic (exact) mass is 241 g/mol. The van der Waals surface area contributed by atoms with Crippen LogP contribution in [0.2, 0.25) is 0 Å². The number of aldehydes is 1. The van der Waals surface area contributed by atoms with E-state index in [1.165, 1.54) is 0 Å². The number of benzene rings is 1. The van der Waals surface area contributed by atoms with Crippen molar-refractivity contribution in [3.63, 3.8) is 0 Å². The van der Waals surface area contributed by atoms with Crippen LogP contribution in [0.1, 0.15) is 49.7 Å². The first-order valence-corrected chi connectivity index (χ1v) is 6.40. The predicted octanol–water partition coefficient (Wildman–Crippen LogP) is 3.98. The number of allylic oxidation sites excluding steroid dienone is 2. The van der Waals surface area contributed by atoms with Gasteiger partial charge in [-0.05, 0) is 42.9 Å². The first-order chi connectivity index (χ1) is 8.81. The zero-order chi connectivity index (χ0) is 13.2. The van der Waals surface area contributed by atoms with Crippen LogP contribution >= 0.6 is 0 Å². The van der Waals surface area contributed by atoms with Crippen molar-refractivity contribution in [3.05, 3.63) is 47.5 Å². The van der Waals surface area contributed by atoms with E-state index in [9.17, 15) is 4.79 Å². The highest BCUT2D eigenvalue weighted by molar-refractivity contribution is 5.51. The molecule has 1 aromatic carbocycles. The van der Waals surface area contributed by atoms with Gasteiger partial charge in [-0.2, -0.15) is 5.26 Å². The second kappa shape index (κ2) is 8.25. The van der Waals surface area contributed by atoms with Crippen LogP contribution in [0.15, 0.2) is 36.4 Å². The topological polar surface area (TPSA) is 40.9 Å². The molecule has 2 heteroatoms. The molecule has 18 heavy (non-hydrogen) atoms. The fraction of sp³-hybridized carbons (Fsp3) is 0.375. The minimum atomic E-state index is 0.261. The van der Waals surface area contributed by atoms with E-state index in [-0.39, 0.29) is 5.92 Å². The molecule has 0 saturated carbocycles. The highest BCUT2D eigenvalue weighted by atomic mass is 16.1. The summed E-state index contributed by atoms with van der Waals surface area (Å²) in [5.41, 5.74) is 1.81. The summed E-state index contributed by atoms with van der Waals surface area (Å²) < 4.78 is 0. The van der Waals surface area contributed by atoms with E-state index in [0.717, 1.165) is 31.1 Å². The summed E-state index contributed by atoms with van der Waals surface area (Å²) in [6.45, 7) is 2.11. The zero-order valence-electron chi connectivity index (χ0n) is 10.8. The maximum atomic E-state index is 10.7. The van der Waals surface area contributed by atoms with Gasteiger partial charge in [-0.1, -0.05) is 31.2 Å². The molecule has 1 atom stereocenters. The van der Waals surface area contributed by atoms with Crippen LogP contribution in [0.3, 0.4) is 0 Å². The van der Waals surface area contributed by atoms with Gasteiger partial charge in [0.05, 0.1) is 11.6 Å². The van der Waals surface area contributed by atoms with Gasteiger partial charge in [0.2, 0.25) is 0 Å². The van der Waals surface area contributed by atoms with Crippen LogP contribution < -0.4 is 0 Å². The van der Waals surface area contributed by atoms with E-state index in [2.05, 4.69) is 25.1 Å². The summed E-state index contributed by atoms with van der Waals surface area (Å²) in [6, 6.07) is 9.64. The van der Waals surface area contributed by atoms with Gasteiger partial charge in [0.15, 0.2) is 0 Å². The van der Waals surface area contributed by atoms with Crippen LogP contribution in [0.4, 0.5) is 0 Å². The molecule has 0 amide bonds. The van der Waals surface area contributed by atoms with E-state index in [4.69, 9.17) is 5.26 Å². The molecule has 0 bridgehead atoms. The third-order valence-electron chi connectivity index (χ3n) is 2.98. The van der Waals surface area contributed by atoms with E-state index in [1.807, 2.05) is 24.3 Å².